The third kappa shape index (κ3) is 11.4. The van der Waals surface area contributed by atoms with Crippen molar-refractivity contribution in [3.63, 3.8) is 0 Å². The van der Waals surface area contributed by atoms with Gasteiger partial charge in [0.2, 0.25) is 0 Å². The Kier molecular flexibility index (Phi) is 12.6. The molecule has 1 atom stereocenters. The first-order valence-electron chi connectivity index (χ1n) is 8.61. The van der Waals surface area contributed by atoms with Crippen molar-refractivity contribution in [2.24, 2.45) is 5.92 Å². The van der Waals surface area contributed by atoms with Crippen LogP contribution in [0.5, 0.6) is 0 Å². The maximum atomic E-state index is 12.1. The van der Waals surface area contributed by atoms with Crippen LogP contribution in [-0.2, 0) is 14.3 Å². The first-order chi connectivity index (χ1) is 10.5. The van der Waals surface area contributed by atoms with E-state index in [0.717, 1.165) is 38.5 Å². The number of ether oxygens (including phenoxy) is 2. The third-order valence-electron chi connectivity index (χ3n) is 3.21. The molecule has 0 saturated carbocycles. The summed E-state index contributed by atoms with van der Waals surface area (Å²) >= 11 is 0. The van der Waals surface area contributed by atoms with Crippen LogP contribution in [0.2, 0.25) is 0 Å². The molecule has 22 heavy (non-hydrogen) atoms. The molecule has 0 aliphatic rings. The van der Waals surface area contributed by atoms with Crippen molar-refractivity contribution in [1.29, 1.82) is 0 Å². The van der Waals surface area contributed by atoms with Crippen LogP contribution in [0, 0.1) is 5.92 Å². The standard InChI is InChI=1S/C17H33NO4/c1-5-7-9-10-12-21-16(19)15(11-8-6-2)18-17(20)22-13-14(3)4/h14-15H,5-13H2,1-4H3,(H,18,20). The number of carbonyl (C=O) groups excluding carboxylic acids is 2. The predicted molar refractivity (Wildman–Crippen MR) is 87.7 cm³/mol. The molecule has 0 bridgehead atoms. The minimum atomic E-state index is -0.606. The van der Waals surface area contributed by atoms with Gasteiger partial charge in [-0.15, -0.1) is 0 Å². The molecule has 1 amide bonds. The molecule has 1 unspecified atom stereocenters. The van der Waals surface area contributed by atoms with Crippen molar-refractivity contribution < 1.29 is 19.1 Å². The maximum Gasteiger partial charge on any atom is 0.407 e. The summed E-state index contributed by atoms with van der Waals surface area (Å²) in [7, 11) is 0. The highest BCUT2D eigenvalue weighted by atomic mass is 16.6. The average Bonchev–Trinajstić information content (AvgIpc) is 2.48. The number of nitrogens with one attached hydrogen (secondary N) is 1. The van der Waals surface area contributed by atoms with Crippen LogP contribution >= 0.6 is 0 Å². The normalized spacial score (nSPS) is 12.0. The molecule has 1 N–H and O–H groups in total. The molecular formula is C17H33NO4. The van der Waals surface area contributed by atoms with Crippen molar-refractivity contribution >= 4 is 12.1 Å². The number of carbonyl (C=O) groups is 2. The topological polar surface area (TPSA) is 64.6 Å². The van der Waals surface area contributed by atoms with Gasteiger partial charge in [0, 0.05) is 0 Å². The van der Waals surface area contributed by atoms with Crippen LogP contribution in [0.3, 0.4) is 0 Å². The van der Waals surface area contributed by atoms with Crippen LogP contribution in [0.15, 0.2) is 0 Å². The molecule has 0 aromatic rings. The zero-order valence-corrected chi connectivity index (χ0v) is 14.7. The van der Waals surface area contributed by atoms with Gasteiger partial charge in [-0.2, -0.15) is 0 Å². The van der Waals surface area contributed by atoms with Gasteiger partial charge < -0.3 is 14.8 Å². The molecule has 0 aliphatic carbocycles. The van der Waals surface area contributed by atoms with Crippen LogP contribution in [0.1, 0.15) is 72.6 Å². The Morgan fingerprint density at radius 3 is 2.23 bits per heavy atom. The summed E-state index contributed by atoms with van der Waals surface area (Å²) in [5.41, 5.74) is 0. The highest BCUT2D eigenvalue weighted by Crippen LogP contribution is 2.06. The number of unbranched alkanes of at least 4 members (excludes halogenated alkanes) is 4. The zero-order valence-electron chi connectivity index (χ0n) is 14.7. The minimum Gasteiger partial charge on any atom is -0.464 e. The molecule has 0 aromatic heterocycles. The summed E-state index contributed by atoms with van der Waals surface area (Å²) in [6.07, 6.45) is 6.10. The molecule has 0 aliphatic heterocycles. The van der Waals surface area contributed by atoms with E-state index in [2.05, 4.69) is 12.2 Å². The van der Waals surface area contributed by atoms with E-state index in [4.69, 9.17) is 9.47 Å². The van der Waals surface area contributed by atoms with Gasteiger partial charge in [0.1, 0.15) is 6.04 Å². The number of alkyl carbamates (subject to hydrolysis) is 1. The van der Waals surface area contributed by atoms with Crippen LogP contribution in [0.4, 0.5) is 4.79 Å². The Balaban J connectivity index is 4.18. The number of hydrogen-bond donors (Lipinski definition) is 1. The fourth-order valence-electron chi connectivity index (χ4n) is 1.89. The van der Waals surface area contributed by atoms with Gasteiger partial charge in [0.05, 0.1) is 13.2 Å². The lowest BCUT2D eigenvalue weighted by molar-refractivity contribution is -0.146. The Hall–Kier alpha value is -1.26. The fraction of sp³-hybridized carbons (Fsp3) is 0.882. The quantitative estimate of drug-likeness (QED) is 0.436. The molecule has 5 heteroatoms. The van der Waals surface area contributed by atoms with E-state index in [1.54, 1.807) is 0 Å². The molecule has 130 valence electrons. The largest absolute Gasteiger partial charge is 0.464 e. The van der Waals surface area contributed by atoms with E-state index in [0.29, 0.717) is 19.6 Å². The van der Waals surface area contributed by atoms with Crippen molar-refractivity contribution in [3.05, 3.63) is 0 Å². The van der Waals surface area contributed by atoms with Gasteiger partial charge in [0.15, 0.2) is 0 Å². The molecule has 0 radical (unpaired) electrons. The number of esters is 1. The highest BCUT2D eigenvalue weighted by molar-refractivity contribution is 5.81. The van der Waals surface area contributed by atoms with Crippen molar-refractivity contribution in [3.8, 4) is 0 Å². The lowest BCUT2D eigenvalue weighted by atomic mass is 10.1. The monoisotopic (exact) mass is 315 g/mol. The molecule has 0 spiro atoms. The second kappa shape index (κ2) is 13.4. The summed E-state index contributed by atoms with van der Waals surface area (Å²) in [4.78, 5) is 23.8. The van der Waals surface area contributed by atoms with E-state index < -0.39 is 12.1 Å². The summed E-state index contributed by atoms with van der Waals surface area (Å²) in [6, 6.07) is -0.606. The van der Waals surface area contributed by atoms with Gasteiger partial charge in [0.25, 0.3) is 0 Å². The van der Waals surface area contributed by atoms with Gasteiger partial charge in [-0.1, -0.05) is 59.8 Å². The fourth-order valence-corrected chi connectivity index (χ4v) is 1.89. The summed E-state index contributed by atoms with van der Waals surface area (Å²) in [5, 5.41) is 2.62. The predicted octanol–water partition coefficient (Wildman–Crippen LogP) is 4.05. The van der Waals surface area contributed by atoms with Crippen LogP contribution in [-0.4, -0.2) is 31.3 Å². The maximum absolute atomic E-state index is 12.1. The molecule has 0 saturated heterocycles. The van der Waals surface area contributed by atoms with E-state index in [9.17, 15) is 9.59 Å². The Morgan fingerprint density at radius 1 is 0.955 bits per heavy atom. The van der Waals surface area contributed by atoms with E-state index in [-0.39, 0.29) is 11.9 Å². The number of hydrogen-bond acceptors (Lipinski definition) is 4. The minimum absolute atomic E-state index is 0.269. The molecule has 0 heterocycles. The molecular weight excluding hydrogens is 282 g/mol. The molecule has 0 aromatic carbocycles. The SMILES string of the molecule is CCCCCCOC(=O)C(CCCC)NC(=O)OCC(C)C. The van der Waals surface area contributed by atoms with E-state index in [1.165, 1.54) is 0 Å². The van der Waals surface area contributed by atoms with E-state index in [1.807, 2.05) is 20.8 Å². The first-order valence-corrected chi connectivity index (χ1v) is 8.61. The highest BCUT2D eigenvalue weighted by Gasteiger charge is 2.22. The van der Waals surface area contributed by atoms with Crippen molar-refractivity contribution in [1.82, 2.24) is 5.32 Å². The Bertz CT molecular complexity index is 305. The van der Waals surface area contributed by atoms with Crippen molar-refractivity contribution in [2.45, 2.75) is 78.7 Å². The summed E-state index contributed by atoms with van der Waals surface area (Å²) in [5.74, 6) is -0.0863. The average molecular weight is 315 g/mol. The second-order valence-electron chi connectivity index (χ2n) is 6.06. The Labute approximate surface area is 135 Å². The lowest BCUT2D eigenvalue weighted by Gasteiger charge is -2.18. The number of amides is 1. The second-order valence-corrected chi connectivity index (χ2v) is 6.06. The number of rotatable bonds is 12. The van der Waals surface area contributed by atoms with Crippen LogP contribution in [0.25, 0.3) is 0 Å². The third-order valence-corrected chi connectivity index (χ3v) is 3.21. The molecule has 0 rings (SSSR count). The van der Waals surface area contributed by atoms with Gasteiger partial charge in [-0.25, -0.2) is 9.59 Å². The lowest BCUT2D eigenvalue weighted by Crippen LogP contribution is -2.42. The first kappa shape index (κ1) is 20.7. The van der Waals surface area contributed by atoms with E-state index >= 15 is 0 Å². The van der Waals surface area contributed by atoms with Crippen LogP contribution < -0.4 is 5.32 Å². The molecule has 0 fully saturated rings. The van der Waals surface area contributed by atoms with Crippen molar-refractivity contribution in [2.75, 3.05) is 13.2 Å². The zero-order chi connectivity index (χ0) is 16.8. The summed E-state index contributed by atoms with van der Waals surface area (Å²) < 4.78 is 10.3. The van der Waals surface area contributed by atoms with Gasteiger partial charge in [-0.3, -0.25) is 0 Å². The summed E-state index contributed by atoms with van der Waals surface area (Å²) in [6.45, 7) is 8.88. The molecule has 5 nitrogen and oxygen atoms in total. The van der Waals surface area contributed by atoms with Gasteiger partial charge >= 0.3 is 12.1 Å². The Morgan fingerprint density at radius 2 is 1.64 bits per heavy atom. The van der Waals surface area contributed by atoms with Gasteiger partial charge in [-0.05, 0) is 18.8 Å². The smallest absolute Gasteiger partial charge is 0.407 e.